The number of amides is 3. The number of carbonyl (C=O) groups is 2. The fourth-order valence-corrected chi connectivity index (χ4v) is 3.97. The van der Waals surface area contributed by atoms with Gasteiger partial charge in [0.2, 0.25) is 5.91 Å². The fourth-order valence-electron chi connectivity index (χ4n) is 3.97. The first-order valence-electron chi connectivity index (χ1n) is 9.67. The summed E-state index contributed by atoms with van der Waals surface area (Å²) in [6.45, 7) is 4.10. The van der Waals surface area contributed by atoms with E-state index in [9.17, 15) is 9.59 Å². The summed E-state index contributed by atoms with van der Waals surface area (Å²) in [5.41, 5.74) is 0.668. The van der Waals surface area contributed by atoms with E-state index in [0.29, 0.717) is 36.3 Å². The molecule has 0 aromatic heterocycles. The molecule has 2 saturated heterocycles. The lowest BCUT2D eigenvalue weighted by atomic mass is 10.00. The highest BCUT2D eigenvalue weighted by atomic mass is 16.5. The third-order valence-electron chi connectivity index (χ3n) is 5.52. The molecule has 7 heteroatoms. The van der Waals surface area contributed by atoms with Gasteiger partial charge in [0.05, 0.1) is 19.9 Å². The summed E-state index contributed by atoms with van der Waals surface area (Å²) in [5.74, 6) is 1.32. The number of anilines is 1. The number of likely N-dealkylation sites (tertiary alicyclic amines) is 1. The lowest BCUT2D eigenvalue weighted by molar-refractivity contribution is -0.135. The smallest absolute Gasteiger partial charge is 0.325 e. The summed E-state index contributed by atoms with van der Waals surface area (Å²) < 4.78 is 10.7. The molecule has 0 saturated carbocycles. The first-order valence-corrected chi connectivity index (χ1v) is 9.67. The zero-order chi connectivity index (χ0) is 19.4. The van der Waals surface area contributed by atoms with Gasteiger partial charge in [0, 0.05) is 31.7 Å². The second-order valence-electron chi connectivity index (χ2n) is 7.04. The topological polar surface area (TPSA) is 62.3 Å². The Labute approximate surface area is 160 Å². The van der Waals surface area contributed by atoms with Crippen LogP contribution in [-0.2, 0) is 4.79 Å². The Morgan fingerprint density at radius 1 is 1.15 bits per heavy atom. The van der Waals surface area contributed by atoms with Crippen LogP contribution in [-0.4, -0.2) is 68.2 Å². The molecule has 2 aliphatic heterocycles. The zero-order valence-corrected chi connectivity index (χ0v) is 16.4. The van der Waals surface area contributed by atoms with Crippen molar-refractivity contribution in [3.8, 4) is 11.5 Å². The van der Waals surface area contributed by atoms with Crippen molar-refractivity contribution in [2.24, 2.45) is 0 Å². The number of ether oxygens (including phenoxy) is 2. The van der Waals surface area contributed by atoms with Crippen LogP contribution in [0.1, 0.15) is 32.6 Å². The maximum atomic E-state index is 12.9. The molecule has 3 amide bonds. The van der Waals surface area contributed by atoms with E-state index in [1.165, 1.54) is 6.42 Å². The largest absolute Gasteiger partial charge is 0.497 e. The Kier molecular flexibility index (Phi) is 6.08. The normalized spacial score (nSPS) is 20.2. The maximum Gasteiger partial charge on any atom is 0.325 e. The number of piperidine rings is 1. The summed E-state index contributed by atoms with van der Waals surface area (Å²) in [7, 11) is 3.17. The van der Waals surface area contributed by atoms with E-state index in [-0.39, 0.29) is 18.5 Å². The molecular weight excluding hydrogens is 346 g/mol. The molecule has 7 nitrogen and oxygen atoms in total. The van der Waals surface area contributed by atoms with Crippen molar-refractivity contribution in [1.82, 2.24) is 9.80 Å². The van der Waals surface area contributed by atoms with Crippen LogP contribution in [0.4, 0.5) is 10.5 Å². The minimum atomic E-state index is -0.167. The maximum absolute atomic E-state index is 12.9. The third-order valence-corrected chi connectivity index (χ3v) is 5.52. The van der Waals surface area contributed by atoms with Crippen molar-refractivity contribution in [1.29, 1.82) is 0 Å². The van der Waals surface area contributed by atoms with E-state index < -0.39 is 0 Å². The number of hydrogen-bond donors (Lipinski definition) is 0. The van der Waals surface area contributed by atoms with Gasteiger partial charge in [-0.1, -0.05) is 6.92 Å². The fraction of sp³-hybridized carbons (Fsp3) is 0.600. The van der Waals surface area contributed by atoms with Gasteiger partial charge in [-0.15, -0.1) is 0 Å². The molecule has 148 valence electrons. The molecular formula is C20H29N3O4. The molecule has 1 unspecified atom stereocenters. The number of nitrogens with zero attached hydrogens (tertiary/aromatic N) is 3. The van der Waals surface area contributed by atoms with Gasteiger partial charge in [0.15, 0.2) is 0 Å². The summed E-state index contributed by atoms with van der Waals surface area (Å²) in [6.07, 6.45) is 4.24. The molecule has 0 radical (unpaired) electrons. The Balaban J connectivity index is 1.71. The summed E-state index contributed by atoms with van der Waals surface area (Å²) >= 11 is 0. The number of methoxy groups -OCH3 is 2. The van der Waals surface area contributed by atoms with Gasteiger partial charge in [-0.25, -0.2) is 4.79 Å². The van der Waals surface area contributed by atoms with Gasteiger partial charge in [-0.05, 0) is 37.8 Å². The SMILES string of the molecule is CCC1CCCCN1C(=O)CN1CCN(c2cc(OC)ccc2OC)C1=O. The van der Waals surface area contributed by atoms with E-state index in [0.717, 1.165) is 25.8 Å². The van der Waals surface area contributed by atoms with Crippen LogP contribution in [0.5, 0.6) is 11.5 Å². The van der Waals surface area contributed by atoms with E-state index in [2.05, 4.69) is 6.92 Å². The predicted octanol–water partition coefficient (Wildman–Crippen LogP) is 2.74. The Morgan fingerprint density at radius 3 is 2.67 bits per heavy atom. The highest BCUT2D eigenvalue weighted by Gasteiger charge is 2.35. The van der Waals surface area contributed by atoms with Crippen molar-refractivity contribution in [2.45, 2.75) is 38.6 Å². The average Bonchev–Trinajstić information content (AvgIpc) is 3.07. The van der Waals surface area contributed by atoms with Gasteiger partial charge in [-0.2, -0.15) is 0 Å². The molecule has 2 heterocycles. The van der Waals surface area contributed by atoms with Gasteiger partial charge in [0.25, 0.3) is 0 Å². The molecule has 1 atom stereocenters. The van der Waals surface area contributed by atoms with Crippen LogP contribution in [0.3, 0.4) is 0 Å². The number of urea groups is 1. The number of rotatable bonds is 6. The Morgan fingerprint density at radius 2 is 1.96 bits per heavy atom. The third kappa shape index (κ3) is 3.96. The second kappa shape index (κ2) is 8.50. The molecule has 1 aromatic carbocycles. The first kappa shape index (κ1) is 19.3. The van der Waals surface area contributed by atoms with Crippen LogP contribution in [0.15, 0.2) is 18.2 Å². The van der Waals surface area contributed by atoms with Crippen LogP contribution in [0.25, 0.3) is 0 Å². The molecule has 0 aliphatic carbocycles. The summed E-state index contributed by atoms with van der Waals surface area (Å²) in [6, 6.07) is 5.51. The highest BCUT2D eigenvalue weighted by Crippen LogP contribution is 2.34. The molecule has 2 aliphatic rings. The molecule has 0 N–H and O–H groups in total. The molecule has 2 fully saturated rings. The lowest BCUT2D eigenvalue weighted by Crippen LogP contribution is -2.48. The minimum Gasteiger partial charge on any atom is -0.497 e. The quantitative estimate of drug-likeness (QED) is 0.767. The Hall–Kier alpha value is -2.44. The summed E-state index contributed by atoms with van der Waals surface area (Å²) in [5, 5.41) is 0. The summed E-state index contributed by atoms with van der Waals surface area (Å²) in [4.78, 5) is 31.0. The van der Waals surface area contributed by atoms with E-state index in [1.807, 2.05) is 4.90 Å². The standard InChI is InChI=1S/C20H29N3O4/c1-4-15-7-5-6-10-22(15)19(24)14-21-11-12-23(20(21)25)17-13-16(26-2)8-9-18(17)27-3/h8-9,13,15H,4-7,10-12,14H2,1-3H3. The predicted molar refractivity (Wildman–Crippen MR) is 104 cm³/mol. The number of carbonyl (C=O) groups excluding carboxylic acids is 2. The highest BCUT2D eigenvalue weighted by molar-refractivity contribution is 5.98. The van der Waals surface area contributed by atoms with Crippen LogP contribution < -0.4 is 14.4 Å². The van der Waals surface area contributed by atoms with E-state index >= 15 is 0 Å². The zero-order valence-electron chi connectivity index (χ0n) is 16.4. The van der Waals surface area contributed by atoms with Crippen molar-refractivity contribution in [2.75, 3.05) is 45.3 Å². The Bertz CT molecular complexity index is 694. The van der Waals surface area contributed by atoms with Gasteiger partial charge in [0.1, 0.15) is 18.0 Å². The van der Waals surface area contributed by atoms with Crippen molar-refractivity contribution < 1.29 is 19.1 Å². The van der Waals surface area contributed by atoms with Gasteiger partial charge < -0.3 is 19.3 Å². The first-order chi connectivity index (χ1) is 13.1. The van der Waals surface area contributed by atoms with Gasteiger partial charge >= 0.3 is 6.03 Å². The van der Waals surface area contributed by atoms with Crippen LogP contribution in [0, 0.1) is 0 Å². The minimum absolute atomic E-state index is 0.0503. The second-order valence-corrected chi connectivity index (χ2v) is 7.04. The van der Waals surface area contributed by atoms with Crippen LogP contribution >= 0.6 is 0 Å². The average molecular weight is 375 g/mol. The molecule has 1 aromatic rings. The van der Waals surface area contributed by atoms with Gasteiger partial charge in [-0.3, -0.25) is 9.69 Å². The number of benzene rings is 1. The molecule has 27 heavy (non-hydrogen) atoms. The molecule has 0 bridgehead atoms. The van der Waals surface area contributed by atoms with Crippen molar-refractivity contribution in [3.05, 3.63) is 18.2 Å². The molecule has 3 rings (SSSR count). The molecule has 0 spiro atoms. The monoisotopic (exact) mass is 375 g/mol. The van der Waals surface area contributed by atoms with Crippen molar-refractivity contribution in [3.63, 3.8) is 0 Å². The number of hydrogen-bond acceptors (Lipinski definition) is 4. The van der Waals surface area contributed by atoms with E-state index in [4.69, 9.17) is 9.47 Å². The van der Waals surface area contributed by atoms with E-state index in [1.54, 1.807) is 42.2 Å². The van der Waals surface area contributed by atoms with Crippen molar-refractivity contribution >= 4 is 17.6 Å². The van der Waals surface area contributed by atoms with Crippen LogP contribution in [0.2, 0.25) is 0 Å². The lowest BCUT2D eigenvalue weighted by Gasteiger charge is -2.36.